The first-order valence-electron chi connectivity index (χ1n) is 1.89. The fourth-order valence-electron chi connectivity index (χ4n) is 0.157. The van der Waals surface area contributed by atoms with E-state index in [1.807, 2.05) is 19.1 Å². The fraction of sp³-hybridized carbons (Fsp3) is 0.400. The zero-order chi connectivity index (χ0) is 4.83. The molecular weight excluding hydrogens is 76.1 g/mol. The summed E-state index contributed by atoms with van der Waals surface area (Å²) in [6.07, 6.45) is 3.74. The minimum atomic E-state index is 1.62. The lowest BCUT2D eigenvalue weighted by atomic mass is 10.6. The summed E-state index contributed by atoms with van der Waals surface area (Å²) in [6, 6.07) is 0. The highest BCUT2D eigenvalue weighted by molar-refractivity contribution is 4.84. The first-order valence-corrected chi connectivity index (χ1v) is 1.89. The number of allylic oxidation sites excluding steroid dienone is 1. The molecule has 1 nitrogen and oxygen atoms in total. The molecule has 0 N–H and O–H groups in total. The lowest BCUT2D eigenvalue weighted by Crippen LogP contribution is -1.68. The van der Waals surface area contributed by atoms with Crippen molar-refractivity contribution in [3.05, 3.63) is 18.8 Å². The molecule has 0 aliphatic rings. The van der Waals surface area contributed by atoms with Crippen LogP contribution in [0, 0.1) is 6.61 Å². The summed E-state index contributed by atoms with van der Waals surface area (Å²) in [7, 11) is 1.62. The number of ether oxygens (including phenoxy) is 1. The van der Waals surface area contributed by atoms with Crippen LogP contribution in [0.15, 0.2) is 12.2 Å². The van der Waals surface area contributed by atoms with Crippen LogP contribution in [0.4, 0.5) is 0 Å². The summed E-state index contributed by atoms with van der Waals surface area (Å²) in [5, 5.41) is 0. The Morgan fingerprint density at radius 1 is 1.50 bits per heavy atom. The minimum Gasteiger partial charge on any atom is -0.374 e. The van der Waals surface area contributed by atoms with E-state index in [1.165, 1.54) is 0 Å². The van der Waals surface area contributed by atoms with Crippen LogP contribution < -0.4 is 0 Å². The average Bonchev–Trinajstić information content (AvgIpc) is 1.61. The topological polar surface area (TPSA) is 9.23 Å². The summed E-state index contributed by atoms with van der Waals surface area (Å²) in [4.78, 5) is 0. The van der Waals surface area contributed by atoms with Gasteiger partial charge < -0.3 is 4.74 Å². The lowest BCUT2D eigenvalue weighted by molar-refractivity contribution is 0.296. The largest absolute Gasteiger partial charge is 0.374 e. The average molecular weight is 85.1 g/mol. The van der Waals surface area contributed by atoms with Crippen LogP contribution in [0.3, 0.4) is 0 Å². The summed E-state index contributed by atoms with van der Waals surface area (Å²) < 4.78 is 4.57. The van der Waals surface area contributed by atoms with Crippen molar-refractivity contribution in [3.8, 4) is 0 Å². The maximum absolute atomic E-state index is 4.57. The maximum Gasteiger partial charge on any atom is 0.105 e. The van der Waals surface area contributed by atoms with E-state index in [4.69, 9.17) is 0 Å². The van der Waals surface area contributed by atoms with Crippen molar-refractivity contribution >= 4 is 0 Å². The van der Waals surface area contributed by atoms with Crippen LogP contribution in [0.25, 0.3) is 0 Å². The number of rotatable bonds is 2. The van der Waals surface area contributed by atoms with Crippen molar-refractivity contribution in [2.45, 2.75) is 6.92 Å². The van der Waals surface area contributed by atoms with Crippen LogP contribution in [0.5, 0.6) is 0 Å². The Morgan fingerprint density at radius 2 is 2.17 bits per heavy atom. The Labute approximate surface area is 38.6 Å². The second-order valence-corrected chi connectivity index (χ2v) is 0.898. The van der Waals surface area contributed by atoms with Gasteiger partial charge in [0.15, 0.2) is 0 Å². The van der Waals surface area contributed by atoms with Gasteiger partial charge in [0.1, 0.15) is 6.61 Å². The van der Waals surface area contributed by atoms with E-state index in [2.05, 4.69) is 4.74 Å². The third-order valence-electron chi connectivity index (χ3n) is 0.407. The zero-order valence-electron chi connectivity index (χ0n) is 4.14. The molecule has 0 amide bonds. The Bertz CT molecular complexity index is 39.2. The molecule has 0 aliphatic heterocycles. The second-order valence-electron chi connectivity index (χ2n) is 0.898. The third-order valence-corrected chi connectivity index (χ3v) is 0.407. The molecule has 1 radical (unpaired) electrons. The number of hydrogen-bond acceptors (Lipinski definition) is 1. The van der Waals surface area contributed by atoms with Crippen LogP contribution in [-0.2, 0) is 4.74 Å². The Hall–Kier alpha value is -0.300. The normalized spacial score (nSPS) is 10.3. The van der Waals surface area contributed by atoms with E-state index in [0.717, 1.165) is 0 Å². The van der Waals surface area contributed by atoms with Crippen LogP contribution in [-0.4, -0.2) is 7.11 Å². The second kappa shape index (κ2) is 4.70. The van der Waals surface area contributed by atoms with E-state index < -0.39 is 0 Å². The molecule has 35 valence electrons. The molecule has 0 aromatic carbocycles. The van der Waals surface area contributed by atoms with E-state index in [0.29, 0.717) is 0 Å². The number of hydrogen-bond donors (Lipinski definition) is 0. The molecule has 0 fully saturated rings. The van der Waals surface area contributed by atoms with Gasteiger partial charge in [0.2, 0.25) is 0 Å². The zero-order valence-corrected chi connectivity index (χ0v) is 4.14. The van der Waals surface area contributed by atoms with Crippen LogP contribution in [0.1, 0.15) is 6.92 Å². The van der Waals surface area contributed by atoms with Gasteiger partial charge in [-0.25, -0.2) is 0 Å². The van der Waals surface area contributed by atoms with Crippen molar-refractivity contribution in [1.82, 2.24) is 0 Å². The molecule has 0 aromatic heterocycles. The van der Waals surface area contributed by atoms with Gasteiger partial charge >= 0.3 is 0 Å². The maximum atomic E-state index is 4.57. The quantitative estimate of drug-likeness (QED) is 0.492. The van der Waals surface area contributed by atoms with E-state index in [-0.39, 0.29) is 0 Å². The molecule has 0 aliphatic carbocycles. The van der Waals surface area contributed by atoms with Crippen molar-refractivity contribution in [3.63, 3.8) is 0 Å². The van der Waals surface area contributed by atoms with Gasteiger partial charge in [0.25, 0.3) is 0 Å². The Kier molecular flexibility index (Phi) is 4.46. The molecule has 0 heterocycles. The van der Waals surface area contributed by atoms with Crippen LogP contribution >= 0.6 is 0 Å². The van der Waals surface area contributed by atoms with Gasteiger partial charge in [0, 0.05) is 7.11 Å². The van der Waals surface area contributed by atoms with E-state index in [9.17, 15) is 0 Å². The molecule has 0 saturated heterocycles. The summed E-state index contributed by atoms with van der Waals surface area (Å²) in [5.74, 6) is 0. The summed E-state index contributed by atoms with van der Waals surface area (Å²) >= 11 is 0. The van der Waals surface area contributed by atoms with Crippen LogP contribution in [0.2, 0.25) is 0 Å². The van der Waals surface area contributed by atoms with Gasteiger partial charge in [-0.3, -0.25) is 0 Å². The fourth-order valence-corrected chi connectivity index (χ4v) is 0.157. The first kappa shape index (κ1) is 5.70. The molecule has 0 aromatic rings. The summed E-state index contributed by atoms with van der Waals surface area (Å²) in [5.41, 5.74) is 0. The highest BCUT2D eigenvalue weighted by atomic mass is 16.5. The lowest BCUT2D eigenvalue weighted by Gasteiger charge is -1.80. The van der Waals surface area contributed by atoms with Crippen molar-refractivity contribution < 1.29 is 4.74 Å². The van der Waals surface area contributed by atoms with Crippen molar-refractivity contribution in [2.75, 3.05) is 7.11 Å². The molecule has 1 heteroatoms. The third kappa shape index (κ3) is 3.70. The highest BCUT2D eigenvalue weighted by Gasteiger charge is 1.63. The Morgan fingerprint density at radius 3 is 2.33 bits per heavy atom. The molecule has 0 unspecified atom stereocenters. The monoisotopic (exact) mass is 85.1 g/mol. The molecule has 6 heavy (non-hydrogen) atoms. The predicted octanol–water partition coefficient (Wildman–Crippen LogP) is 1.37. The molecule has 0 spiro atoms. The Balaban J connectivity index is 2.66. The van der Waals surface area contributed by atoms with Gasteiger partial charge in [-0.05, 0) is 6.92 Å². The first-order chi connectivity index (χ1) is 2.91. The van der Waals surface area contributed by atoms with Crippen molar-refractivity contribution in [2.24, 2.45) is 0 Å². The van der Waals surface area contributed by atoms with E-state index in [1.54, 1.807) is 13.7 Å². The number of methoxy groups -OCH3 is 1. The smallest absolute Gasteiger partial charge is 0.105 e. The minimum absolute atomic E-state index is 1.62. The summed E-state index contributed by atoms with van der Waals surface area (Å²) in [6.45, 7) is 3.56. The molecule has 0 atom stereocenters. The predicted molar refractivity (Wildman–Crippen MR) is 26.1 cm³/mol. The van der Waals surface area contributed by atoms with E-state index >= 15 is 0 Å². The highest BCUT2D eigenvalue weighted by Crippen LogP contribution is 1.76. The van der Waals surface area contributed by atoms with Crippen molar-refractivity contribution in [1.29, 1.82) is 0 Å². The standard InChI is InChI=1S/C5H9O/c1-3-4-5-6-2/h3-5H,1-2H3/b4-3+. The molecule has 0 rings (SSSR count). The molecular formula is C5H9O. The molecule has 0 saturated carbocycles. The van der Waals surface area contributed by atoms with Gasteiger partial charge in [0.05, 0.1) is 0 Å². The van der Waals surface area contributed by atoms with Gasteiger partial charge in [-0.2, -0.15) is 0 Å². The van der Waals surface area contributed by atoms with Gasteiger partial charge in [-0.1, -0.05) is 12.2 Å². The SMILES string of the molecule is C/C=C/[CH]OC. The molecule has 0 bridgehead atoms. The van der Waals surface area contributed by atoms with Gasteiger partial charge in [-0.15, -0.1) is 0 Å².